The highest BCUT2D eigenvalue weighted by Gasteiger charge is 2.34. The van der Waals surface area contributed by atoms with E-state index in [-0.39, 0.29) is 40.3 Å². The standard InChI is InChI=1S/C29H32Cl2FN3O4S/c1-4-20(2)33-29(37)27(16-21-10-6-5-7-11-21)34(18-22-12-8-9-13-25(22)32)28(36)19-35(40(3,38)39)26-17-23(30)14-15-24(26)31/h5-15,17,20,27H,4,16,18-19H2,1-3H3,(H,33,37)/t20-,27-/m1/s1. The molecule has 1 N–H and O–H groups in total. The van der Waals surface area contributed by atoms with E-state index in [0.717, 1.165) is 16.1 Å². The number of benzene rings is 3. The zero-order valence-corrected chi connectivity index (χ0v) is 24.8. The maximum atomic E-state index is 14.8. The van der Waals surface area contributed by atoms with E-state index in [1.54, 1.807) is 6.07 Å². The quantitative estimate of drug-likeness (QED) is 0.296. The van der Waals surface area contributed by atoms with Crippen molar-refractivity contribution >= 4 is 50.7 Å². The van der Waals surface area contributed by atoms with Gasteiger partial charge < -0.3 is 10.2 Å². The van der Waals surface area contributed by atoms with Gasteiger partial charge >= 0.3 is 0 Å². The lowest BCUT2D eigenvalue weighted by Crippen LogP contribution is -2.54. The molecule has 40 heavy (non-hydrogen) atoms. The van der Waals surface area contributed by atoms with E-state index in [4.69, 9.17) is 23.2 Å². The minimum atomic E-state index is -4.03. The van der Waals surface area contributed by atoms with Gasteiger partial charge in [-0.3, -0.25) is 13.9 Å². The number of hydrogen-bond donors (Lipinski definition) is 1. The molecule has 2 atom stereocenters. The first kappa shape index (κ1) is 31.4. The molecule has 0 aliphatic rings. The minimum absolute atomic E-state index is 0.0134. The summed E-state index contributed by atoms with van der Waals surface area (Å²) in [4.78, 5) is 28.9. The number of halogens is 3. The topological polar surface area (TPSA) is 86.8 Å². The van der Waals surface area contributed by atoms with E-state index in [2.05, 4.69) is 5.32 Å². The van der Waals surface area contributed by atoms with Crippen LogP contribution in [0.2, 0.25) is 10.0 Å². The van der Waals surface area contributed by atoms with Crippen molar-refractivity contribution in [1.82, 2.24) is 10.2 Å². The van der Waals surface area contributed by atoms with Crippen LogP contribution in [0.3, 0.4) is 0 Å². The lowest BCUT2D eigenvalue weighted by atomic mass is 10.0. The Labute approximate surface area is 244 Å². The Kier molecular flexibility index (Phi) is 11.0. The molecule has 0 unspecified atom stereocenters. The van der Waals surface area contributed by atoms with Crippen LogP contribution in [0.15, 0.2) is 72.8 Å². The van der Waals surface area contributed by atoms with E-state index < -0.39 is 40.2 Å². The van der Waals surface area contributed by atoms with Crippen LogP contribution in [0.1, 0.15) is 31.4 Å². The predicted octanol–water partition coefficient (Wildman–Crippen LogP) is 5.45. The highest BCUT2D eigenvalue weighted by molar-refractivity contribution is 7.92. The number of nitrogens with zero attached hydrogens (tertiary/aromatic N) is 2. The van der Waals surface area contributed by atoms with Gasteiger partial charge in [-0.05, 0) is 43.2 Å². The second-order valence-corrected chi connectivity index (χ2v) is 12.3. The third kappa shape index (κ3) is 8.43. The average molecular weight is 609 g/mol. The molecule has 0 fully saturated rings. The molecule has 0 saturated heterocycles. The van der Waals surface area contributed by atoms with E-state index in [0.29, 0.717) is 6.42 Å². The molecular formula is C29H32Cl2FN3O4S. The van der Waals surface area contributed by atoms with Crippen molar-refractivity contribution in [3.05, 3.63) is 99.8 Å². The number of anilines is 1. The average Bonchev–Trinajstić information content (AvgIpc) is 2.91. The van der Waals surface area contributed by atoms with Crippen LogP contribution in [0.25, 0.3) is 0 Å². The number of carbonyl (C=O) groups is 2. The molecule has 0 bridgehead atoms. The first-order chi connectivity index (χ1) is 18.9. The summed E-state index contributed by atoms with van der Waals surface area (Å²) in [5.41, 5.74) is 0.965. The molecular weight excluding hydrogens is 576 g/mol. The molecule has 0 aliphatic carbocycles. The summed E-state index contributed by atoms with van der Waals surface area (Å²) in [6.45, 7) is 2.80. The normalized spacial score (nSPS) is 12.8. The molecule has 0 saturated carbocycles. The molecule has 0 aliphatic heterocycles. The second-order valence-electron chi connectivity index (χ2n) is 9.50. The SMILES string of the molecule is CC[C@@H](C)NC(=O)[C@@H](Cc1ccccc1)N(Cc1ccccc1F)C(=O)CN(c1cc(Cl)ccc1Cl)S(C)(=O)=O. The molecule has 0 spiro atoms. The van der Waals surface area contributed by atoms with Gasteiger partial charge in [-0.25, -0.2) is 12.8 Å². The van der Waals surface area contributed by atoms with Crippen LogP contribution in [-0.4, -0.2) is 50.0 Å². The Balaban J connectivity index is 2.10. The van der Waals surface area contributed by atoms with Gasteiger partial charge in [0.1, 0.15) is 18.4 Å². The van der Waals surface area contributed by atoms with Gasteiger partial charge in [0.05, 0.1) is 17.0 Å². The Hall–Kier alpha value is -3.14. The number of rotatable bonds is 12. The second kappa shape index (κ2) is 14.0. The van der Waals surface area contributed by atoms with Gasteiger partial charge in [0, 0.05) is 29.6 Å². The molecule has 2 amide bonds. The van der Waals surface area contributed by atoms with Gasteiger partial charge in [-0.1, -0.05) is 78.7 Å². The van der Waals surface area contributed by atoms with Crippen molar-refractivity contribution in [2.24, 2.45) is 0 Å². The fraction of sp³-hybridized carbons (Fsp3) is 0.310. The molecule has 7 nitrogen and oxygen atoms in total. The fourth-order valence-electron chi connectivity index (χ4n) is 4.08. The highest BCUT2D eigenvalue weighted by Crippen LogP contribution is 2.31. The zero-order chi connectivity index (χ0) is 29.4. The molecule has 0 radical (unpaired) electrons. The third-order valence-electron chi connectivity index (χ3n) is 6.43. The summed E-state index contributed by atoms with van der Waals surface area (Å²) in [5.74, 6) is -1.71. The van der Waals surface area contributed by atoms with Crippen LogP contribution in [-0.2, 0) is 32.6 Å². The molecule has 0 heterocycles. The summed E-state index contributed by atoms with van der Waals surface area (Å²) in [6, 6.07) is 18.0. The van der Waals surface area contributed by atoms with Crippen LogP contribution >= 0.6 is 23.2 Å². The first-order valence-corrected chi connectivity index (χ1v) is 15.3. The van der Waals surface area contributed by atoms with Crippen molar-refractivity contribution in [2.75, 3.05) is 17.1 Å². The highest BCUT2D eigenvalue weighted by atomic mass is 35.5. The molecule has 3 aromatic rings. The number of carbonyl (C=O) groups excluding carboxylic acids is 2. The number of amides is 2. The Morgan fingerprint density at radius 3 is 2.27 bits per heavy atom. The van der Waals surface area contributed by atoms with Crippen molar-refractivity contribution in [2.45, 2.75) is 45.3 Å². The van der Waals surface area contributed by atoms with Crippen LogP contribution in [0, 0.1) is 5.82 Å². The Morgan fingerprint density at radius 1 is 1.00 bits per heavy atom. The molecule has 214 valence electrons. The fourth-order valence-corrected chi connectivity index (χ4v) is 5.37. The lowest BCUT2D eigenvalue weighted by Gasteiger charge is -2.34. The van der Waals surface area contributed by atoms with Gasteiger partial charge in [-0.15, -0.1) is 0 Å². The smallest absolute Gasteiger partial charge is 0.244 e. The molecule has 3 aromatic carbocycles. The molecule has 11 heteroatoms. The first-order valence-electron chi connectivity index (χ1n) is 12.7. The summed E-state index contributed by atoms with van der Waals surface area (Å²) < 4.78 is 41.4. The molecule has 0 aromatic heterocycles. The summed E-state index contributed by atoms with van der Waals surface area (Å²) in [7, 11) is -4.03. The summed E-state index contributed by atoms with van der Waals surface area (Å²) in [6.07, 6.45) is 1.72. The number of nitrogens with one attached hydrogen (secondary N) is 1. The minimum Gasteiger partial charge on any atom is -0.352 e. The van der Waals surface area contributed by atoms with Crippen LogP contribution < -0.4 is 9.62 Å². The van der Waals surface area contributed by atoms with Gasteiger partial charge in [0.25, 0.3) is 0 Å². The van der Waals surface area contributed by atoms with Crippen molar-refractivity contribution in [1.29, 1.82) is 0 Å². The van der Waals surface area contributed by atoms with Gasteiger partial charge in [0.2, 0.25) is 21.8 Å². The van der Waals surface area contributed by atoms with E-state index in [1.165, 1.54) is 41.3 Å². The van der Waals surface area contributed by atoms with Crippen molar-refractivity contribution < 1.29 is 22.4 Å². The Bertz CT molecular complexity index is 1440. The third-order valence-corrected chi connectivity index (χ3v) is 8.11. The van der Waals surface area contributed by atoms with Gasteiger partial charge in [-0.2, -0.15) is 0 Å². The van der Waals surface area contributed by atoms with E-state index >= 15 is 0 Å². The Morgan fingerprint density at radius 2 is 1.65 bits per heavy atom. The monoisotopic (exact) mass is 607 g/mol. The van der Waals surface area contributed by atoms with Crippen LogP contribution in [0.5, 0.6) is 0 Å². The van der Waals surface area contributed by atoms with E-state index in [9.17, 15) is 22.4 Å². The lowest BCUT2D eigenvalue weighted by molar-refractivity contribution is -0.140. The van der Waals surface area contributed by atoms with E-state index in [1.807, 2.05) is 44.2 Å². The van der Waals surface area contributed by atoms with Crippen LogP contribution in [0.4, 0.5) is 10.1 Å². The zero-order valence-electron chi connectivity index (χ0n) is 22.5. The maximum Gasteiger partial charge on any atom is 0.244 e. The van der Waals surface area contributed by atoms with Crippen molar-refractivity contribution in [3.63, 3.8) is 0 Å². The van der Waals surface area contributed by atoms with Gasteiger partial charge in [0.15, 0.2) is 0 Å². The number of hydrogen-bond acceptors (Lipinski definition) is 4. The molecule has 3 rings (SSSR count). The summed E-state index contributed by atoms with van der Waals surface area (Å²) in [5, 5.41) is 3.21. The largest absolute Gasteiger partial charge is 0.352 e. The number of sulfonamides is 1. The summed E-state index contributed by atoms with van der Waals surface area (Å²) >= 11 is 12.4. The maximum absolute atomic E-state index is 14.8. The predicted molar refractivity (Wildman–Crippen MR) is 157 cm³/mol. The van der Waals surface area contributed by atoms with Crippen molar-refractivity contribution in [3.8, 4) is 0 Å².